The summed E-state index contributed by atoms with van der Waals surface area (Å²) < 4.78 is 5.29. The molecule has 0 aliphatic carbocycles. The van der Waals surface area contributed by atoms with Crippen molar-refractivity contribution in [3.05, 3.63) is 29.8 Å². The number of carbonyl (C=O) groups excluding carboxylic acids is 1. The monoisotopic (exact) mass is 266 g/mol. The highest BCUT2D eigenvalue weighted by Gasteiger charge is 2.02. The molecule has 1 unspecified atom stereocenters. The number of aliphatic hydroxyl groups excluding tert-OH is 1. The van der Waals surface area contributed by atoms with E-state index in [2.05, 4.69) is 10.6 Å². The molecule has 0 aliphatic rings. The summed E-state index contributed by atoms with van der Waals surface area (Å²) in [4.78, 5) is 11.5. The molecule has 0 aromatic heterocycles. The Hall–Kier alpha value is -1.59. The van der Waals surface area contributed by atoms with Gasteiger partial charge in [0.1, 0.15) is 0 Å². The third kappa shape index (κ3) is 6.79. The molecule has 19 heavy (non-hydrogen) atoms. The zero-order valence-corrected chi connectivity index (χ0v) is 11.5. The van der Waals surface area contributed by atoms with Crippen LogP contribution >= 0.6 is 0 Å². The number of amides is 2. The van der Waals surface area contributed by atoms with E-state index in [1.54, 1.807) is 6.92 Å². The molecule has 3 N–H and O–H groups in total. The summed E-state index contributed by atoms with van der Waals surface area (Å²) in [5, 5.41) is 14.5. The van der Waals surface area contributed by atoms with Crippen molar-refractivity contribution in [1.82, 2.24) is 5.32 Å². The minimum absolute atomic E-state index is 0.266. The second kappa shape index (κ2) is 8.50. The molecule has 2 amide bonds. The van der Waals surface area contributed by atoms with Crippen molar-refractivity contribution >= 4 is 11.7 Å². The number of anilines is 1. The van der Waals surface area contributed by atoms with Crippen LogP contribution in [-0.2, 0) is 11.3 Å². The minimum Gasteiger partial charge on any atom is -0.393 e. The highest BCUT2D eigenvalue weighted by atomic mass is 16.5. The molecule has 0 saturated heterocycles. The van der Waals surface area contributed by atoms with Gasteiger partial charge in [0, 0.05) is 18.8 Å². The molecule has 0 aliphatic heterocycles. The van der Waals surface area contributed by atoms with Crippen LogP contribution in [0.25, 0.3) is 0 Å². The Balaban J connectivity index is 2.33. The fourth-order valence-electron chi connectivity index (χ4n) is 1.47. The molecule has 1 aromatic rings. The molecule has 106 valence electrons. The van der Waals surface area contributed by atoms with Crippen molar-refractivity contribution in [1.29, 1.82) is 0 Å². The van der Waals surface area contributed by atoms with Crippen LogP contribution in [-0.4, -0.2) is 30.4 Å². The highest BCUT2D eigenvalue weighted by Crippen LogP contribution is 2.10. The van der Waals surface area contributed by atoms with Crippen LogP contribution in [0, 0.1) is 0 Å². The number of benzene rings is 1. The minimum atomic E-state index is -0.404. The van der Waals surface area contributed by atoms with Crippen molar-refractivity contribution in [3.63, 3.8) is 0 Å². The molecule has 5 nitrogen and oxygen atoms in total. The number of hydrogen-bond acceptors (Lipinski definition) is 3. The Morgan fingerprint density at radius 2 is 2.05 bits per heavy atom. The van der Waals surface area contributed by atoms with E-state index in [0.29, 0.717) is 26.2 Å². The third-order valence-corrected chi connectivity index (χ3v) is 2.53. The van der Waals surface area contributed by atoms with Crippen molar-refractivity contribution in [2.45, 2.75) is 33.0 Å². The third-order valence-electron chi connectivity index (χ3n) is 2.53. The van der Waals surface area contributed by atoms with Gasteiger partial charge in [0.15, 0.2) is 0 Å². The fourth-order valence-corrected chi connectivity index (χ4v) is 1.47. The quantitative estimate of drug-likeness (QED) is 0.708. The second-order valence-electron chi connectivity index (χ2n) is 4.35. The maximum atomic E-state index is 11.5. The topological polar surface area (TPSA) is 70.6 Å². The molecule has 1 rings (SSSR count). The molecule has 0 radical (unpaired) electrons. The predicted octanol–water partition coefficient (Wildman–Crippen LogP) is 2.12. The first kappa shape index (κ1) is 15.5. The summed E-state index contributed by atoms with van der Waals surface area (Å²) in [7, 11) is 0. The molecule has 0 bridgehead atoms. The Labute approximate surface area is 114 Å². The van der Waals surface area contributed by atoms with E-state index >= 15 is 0 Å². The summed E-state index contributed by atoms with van der Waals surface area (Å²) in [6, 6.07) is 7.24. The van der Waals surface area contributed by atoms with Gasteiger partial charge in [-0.2, -0.15) is 0 Å². The lowest BCUT2D eigenvalue weighted by Crippen LogP contribution is -2.30. The average Bonchev–Trinajstić information content (AvgIpc) is 2.37. The molecule has 0 saturated carbocycles. The van der Waals surface area contributed by atoms with Crippen LogP contribution in [0.2, 0.25) is 0 Å². The SMILES string of the molecule is CCOCc1ccc(NC(=O)NCCC(C)O)cc1. The Bertz CT molecular complexity index is 377. The number of hydrogen-bond donors (Lipinski definition) is 3. The van der Waals surface area contributed by atoms with Gasteiger partial charge in [-0.15, -0.1) is 0 Å². The van der Waals surface area contributed by atoms with Gasteiger partial charge in [-0.1, -0.05) is 12.1 Å². The van der Waals surface area contributed by atoms with Crippen LogP contribution in [0.4, 0.5) is 10.5 Å². The maximum absolute atomic E-state index is 11.5. The lowest BCUT2D eigenvalue weighted by molar-refractivity contribution is 0.134. The van der Waals surface area contributed by atoms with Gasteiger partial charge in [-0.25, -0.2) is 4.79 Å². The first-order valence-corrected chi connectivity index (χ1v) is 6.51. The van der Waals surface area contributed by atoms with Crippen molar-refractivity contribution in [2.75, 3.05) is 18.5 Å². The van der Waals surface area contributed by atoms with Gasteiger partial charge in [-0.3, -0.25) is 0 Å². The van der Waals surface area contributed by atoms with E-state index in [-0.39, 0.29) is 6.03 Å². The van der Waals surface area contributed by atoms with E-state index in [0.717, 1.165) is 11.3 Å². The van der Waals surface area contributed by atoms with Crippen molar-refractivity contribution in [2.24, 2.45) is 0 Å². The first-order valence-electron chi connectivity index (χ1n) is 6.51. The van der Waals surface area contributed by atoms with E-state index in [1.807, 2.05) is 31.2 Å². The first-order chi connectivity index (χ1) is 9.11. The van der Waals surface area contributed by atoms with Crippen LogP contribution in [0.15, 0.2) is 24.3 Å². The molecule has 1 aromatic carbocycles. The Kier molecular flexibility index (Phi) is 6.92. The fraction of sp³-hybridized carbons (Fsp3) is 0.500. The largest absolute Gasteiger partial charge is 0.393 e. The standard InChI is InChI=1S/C14H22N2O3/c1-3-19-10-12-4-6-13(7-5-12)16-14(18)15-9-8-11(2)17/h4-7,11,17H,3,8-10H2,1-2H3,(H2,15,16,18). The molecule has 0 heterocycles. The van der Waals surface area contributed by atoms with E-state index in [9.17, 15) is 4.79 Å². The normalized spacial score (nSPS) is 11.9. The predicted molar refractivity (Wildman–Crippen MR) is 75.1 cm³/mol. The van der Waals surface area contributed by atoms with E-state index in [1.165, 1.54) is 0 Å². The second-order valence-corrected chi connectivity index (χ2v) is 4.35. The summed E-state index contributed by atoms with van der Waals surface area (Å²) >= 11 is 0. The smallest absolute Gasteiger partial charge is 0.319 e. The Morgan fingerprint density at radius 1 is 1.37 bits per heavy atom. The maximum Gasteiger partial charge on any atom is 0.319 e. The molecule has 1 atom stereocenters. The number of rotatable bonds is 7. The van der Waals surface area contributed by atoms with E-state index in [4.69, 9.17) is 9.84 Å². The van der Waals surface area contributed by atoms with Crippen LogP contribution in [0.3, 0.4) is 0 Å². The van der Waals surface area contributed by atoms with Crippen LogP contribution < -0.4 is 10.6 Å². The number of aliphatic hydroxyl groups is 1. The highest BCUT2D eigenvalue weighted by molar-refractivity contribution is 5.89. The van der Waals surface area contributed by atoms with Gasteiger partial charge in [0.05, 0.1) is 12.7 Å². The zero-order chi connectivity index (χ0) is 14.1. The van der Waals surface area contributed by atoms with Gasteiger partial charge in [0.25, 0.3) is 0 Å². The van der Waals surface area contributed by atoms with E-state index < -0.39 is 6.10 Å². The molecular weight excluding hydrogens is 244 g/mol. The summed E-state index contributed by atoms with van der Waals surface area (Å²) in [6.07, 6.45) is 0.138. The molecule has 0 spiro atoms. The van der Waals surface area contributed by atoms with Crippen LogP contribution in [0.5, 0.6) is 0 Å². The zero-order valence-electron chi connectivity index (χ0n) is 11.5. The average molecular weight is 266 g/mol. The summed E-state index contributed by atoms with van der Waals surface area (Å²) in [6.45, 7) is 5.36. The molecule has 5 heteroatoms. The van der Waals surface area contributed by atoms with Gasteiger partial charge in [0.2, 0.25) is 0 Å². The number of nitrogens with one attached hydrogen (secondary N) is 2. The van der Waals surface area contributed by atoms with Gasteiger partial charge >= 0.3 is 6.03 Å². The lowest BCUT2D eigenvalue weighted by Gasteiger charge is -2.09. The summed E-state index contributed by atoms with van der Waals surface area (Å²) in [5.41, 5.74) is 1.80. The molecular formula is C14H22N2O3. The number of urea groups is 1. The van der Waals surface area contributed by atoms with Gasteiger partial charge in [-0.05, 0) is 38.0 Å². The molecule has 0 fully saturated rings. The summed E-state index contributed by atoms with van der Waals surface area (Å²) in [5.74, 6) is 0. The Morgan fingerprint density at radius 3 is 2.63 bits per heavy atom. The lowest BCUT2D eigenvalue weighted by atomic mass is 10.2. The number of ether oxygens (including phenoxy) is 1. The van der Waals surface area contributed by atoms with Crippen molar-refractivity contribution in [3.8, 4) is 0 Å². The van der Waals surface area contributed by atoms with Crippen molar-refractivity contribution < 1.29 is 14.6 Å². The number of carbonyl (C=O) groups is 1. The van der Waals surface area contributed by atoms with Crippen LogP contribution in [0.1, 0.15) is 25.8 Å². The van der Waals surface area contributed by atoms with Gasteiger partial charge < -0.3 is 20.5 Å².